The average molecular weight is 430 g/mol. The second-order valence-electron chi connectivity index (χ2n) is 8.25. The fourth-order valence-corrected chi connectivity index (χ4v) is 4.11. The molecule has 5 nitrogen and oxygen atoms in total. The van der Waals surface area contributed by atoms with Crippen LogP contribution in [0, 0.1) is 0 Å². The molecule has 5 heteroatoms. The van der Waals surface area contributed by atoms with E-state index in [1.54, 1.807) is 6.20 Å². The Hall–Kier alpha value is -3.02. The number of nitrogens with zero attached hydrogens (tertiary/aromatic N) is 3. The molecule has 0 spiro atoms. The highest BCUT2D eigenvalue weighted by atomic mass is 16.5. The van der Waals surface area contributed by atoms with Gasteiger partial charge in [-0.3, -0.25) is 14.7 Å². The van der Waals surface area contributed by atoms with Crippen molar-refractivity contribution in [2.75, 3.05) is 26.2 Å². The van der Waals surface area contributed by atoms with E-state index >= 15 is 0 Å². The van der Waals surface area contributed by atoms with Crippen molar-refractivity contribution in [1.29, 1.82) is 0 Å². The van der Waals surface area contributed by atoms with Gasteiger partial charge in [-0.15, -0.1) is 0 Å². The summed E-state index contributed by atoms with van der Waals surface area (Å²) in [6.45, 7) is 4.06. The third-order valence-corrected chi connectivity index (χ3v) is 5.80. The fourth-order valence-electron chi connectivity index (χ4n) is 4.11. The van der Waals surface area contributed by atoms with Crippen LogP contribution >= 0.6 is 0 Å². The molecular weight excluding hydrogens is 398 g/mol. The summed E-state index contributed by atoms with van der Waals surface area (Å²) in [7, 11) is 0. The van der Waals surface area contributed by atoms with E-state index in [0.717, 1.165) is 31.6 Å². The Morgan fingerprint density at radius 2 is 1.69 bits per heavy atom. The smallest absolute Gasteiger partial charge is 0.253 e. The molecule has 0 saturated carbocycles. The highest BCUT2D eigenvalue weighted by molar-refractivity contribution is 5.81. The molecule has 2 heterocycles. The van der Waals surface area contributed by atoms with Gasteiger partial charge in [-0.25, -0.2) is 0 Å². The van der Waals surface area contributed by atoms with Gasteiger partial charge in [0.25, 0.3) is 5.91 Å². The molecule has 0 radical (unpaired) electrons. The van der Waals surface area contributed by atoms with Crippen molar-refractivity contribution in [1.82, 2.24) is 14.8 Å². The number of morpholine rings is 1. The monoisotopic (exact) mass is 429 g/mol. The van der Waals surface area contributed by atoms with Gasteiger partial charge in [0, 0.05) is 32.4 Å². The van der Waals surface area contributed by atoms with Gasteiger partial charge < -0.3 is 9.64 Å². The highest BCUT2D eigenvalue weighted by Crippen LogP contribution is 2.15. The van der Waals surface area contributed by atoms with Gasteiger partial charge in [0.05, 0.1) is 18.8 Å². The molecule has 166 valence electrons. The molecule has 1 aliphatic heterocycles. The molecule has 0 bridgehead atoms. The number of carbonyl (C=O) groups is 1. The maximum atomic E-state index is 13.5. The van der Waals surface area contributed by atoms with E-state index in [2.05, 4.69) is 58.4 Å². The normalized spacial score (nSPS) is 16.6. The maximum absolute atomic E-state index is 13.5. The Morgan fingerprint density at radius 1 is 0.969 bits per heavy atom. The molecule has 32 heavy (non-hydrogen) atoms. The van der Waals surface area contributed by atoms with E-state index in [1.807, 2.05) is 35.2 Å². The number of hydrogen-bond acceptors (Lipinski definition) is 4. The number of benzene rings is 2. The fraction of sp³-hybridized carbons (Fsp3) is 0.333. The maximum Gasteiger partial charge on any atom is 0.253 e. The van der Waals surface area contributed by atoms with E-state index in [4.69, 9.17) is 4.74 Å². The molecule has 1 amide bonds. The Balaban J connectivity index is 1.39. The van der Waals surface area contributed by atoms with Crippen molar-refractivity contribution in [3.63, 3.8) is 0 Å². The summed E-state index contributed by atoms with van der Waals surface area (Å²) in [6, 6.07) is 26.7. The van der Waals surface area contributed by atoms with Crippen molar-refractivity contribution in [2.45, 2.75) is 32.0 Å². The third kappa shape index (κ3) is 6.49. The van der Waals surface area contributed by atoms with E-state index in [0.29, 0.717) is 26.2 Å². The Morgan fingerprint density at radius 3 is 2.41 bits per heavy atom. The first-order valence-corrected chi connectivity index (χ1v) is 11.4. The van der Waals surface area contributed by atoms with Crippen molar-refractivity contribution in [2.24, 2.45) is 0 Å². The molecule has 2 aromatic carbocycles. The number of aromatic nitrogens is 1. The lowest BCUT2D eigenvalue weighted by Gasteiger charge is -2.35. The Bertz CT molecular complexity index is 950. The summed E-state index contributed by atoms with van der Waals surface area (Å²) in [5.74, 6) is 0.0569. The zero-order valence-corrected chi connectivity index (χ0v) is 18.5. The minimum atomic E-state index is -0.437. The Labute approximate surface area is 190 Å². The zero-order valence-electron chi connectivity index (χ0n) is 18.5. The zero-order chi connectivity index (χ0) is 22.0. The van der Waals surface area contributed by atoms with Gasteiger partial charge in [-0.05, 0) is 36.1 Å². The number of aryl methyl sites for hydroxylation is 1. The molecule has 0 aliphatic carbocycles. The molecule has 1 aromatic heterocycles. The van der Waals surface area contributed by atoms with Crippen LogP contribution in [0.3, 0.4) is 0 Å². The van der Waals surface area contributed by atoms with Crippen LogP contribution in [0.5, 0.6) is 0 Å². The number of amides is 1. The van der Waals surface area contributed by atoms with Crippen LogP contribution in [0.4, 0.5) is 0 Å². The largest absolute Gasteiger partial charge is 0.366 e. The summed E-state index contributed by atoms with van der Waals surface area (Å²) >= 11 is 0. The second kappa shape index (κ2) is 11.6. The molecule has 3 aromatic rings. The van der Waals surface area contributed by atoms with Crippen LogP contribution in [0.25, 0.3) is 0 Å². The minimum Gasteiger partial charge on any atom is -0.366 e. The first kappa shape index (κ1) is 22.2. The summed E-state index contributed by atoms with van der Waals surface area (Å²) in [5, 5.41) is 0. The highest BCUT2D eigenvalue weighted by Gasteiger charge is 2.30. The predicted molar refractivity (Wildman–Crippen MR) is 126 cm³/mol. The topological polar surface area (TPSA) is 45.7 Å². The van der Waals surface area contributed by atoms with Crippen molar-refractivity contribution < 1.29 is 9.53 Å². The lowest BCUT2D eigenvalue weighted by atomic mass is 10.1. The molecule has 1 saturated heterocycles. The molecule has 1 aliphatic rings. The van der Waals surface area contributed by atoms with E-state index < -0.39 is 6.10 Å². The average Bonchev–Trinajstić information content (AvgIpc) is 2.85. The number of ether oxygens (including phenoxy) is 1. The van der Waals surface area contributed by atoms with Crippen LogP contribution in [-0.4, -0.2) is 53.0 Å². The van der Waals surface area contributed by atoms with Crippen LogP contribution in [0.2, 0.25) is 0 Å². The molecule has 1 unspecified atom stereocenters. The van der Waals surface area contributed by atoms with E-state index in [9.17, 15) is 4.79 Å². The standard InChI is InChI=1S/C27H31N3O2/c31-27(26-22-29(18-19-32-26)20-24-12-5-2-6-13-24)30(21-25-15-7-8-16-28-25)17-9-14-23-10-3-1-4-11-23/h1-8,10-13,15-16,26H,9,14,17-22H2. The molecule has 4 rings (SSSR count). The summed E-state index contributed by atoms with van der Waals surface area (Å²) in [5.41, 5.74) is 3.45. The quantitative estimate of drug-likeness (QED) is 0.517. The van der Waals surface area contributed by atoms with Crippen molar-refractivity contribution in [3.05, 3.63) is 102 Å². The lowest BCUT2D eigenvalue weighted by molar-refractivity contribution is -0.150. The van der Waals surface area contributed by atoms with Gasteiger partial charge in [-0.1, -0.05) is 66.7 Å². The summed E-state index contributed by atoms with van der Waals surface area (Å²) in [4.78, 5) is 22.2. The van der Waals surface area contributed by atoms with E-state index in [1.165, 1.54) is 11.1 Å². The van der Waals surface area contributed by atoms with Gasteiger partial charge in [-0.2, -0.15) is 0 Å². The van der Waals surface area contributed by atoms with Gasteiger partial charge >= 0.3 is 0 Å². The van der Waals surface area contributed by atoms with E-state index in [-0.39, 0.29) is 5.91 Å². The van der Waals surface area contributed by atoms with Crippen LogP contribution in [-0.2, 0) is 29.0 Å². The van der Waals surface area contributed by atoms with Crippen molar-refractivity contribution >= 4 is 5.91 Å². The van der Waals surface area contributed by atoms with Gasteiger partial charge in [0.1, 0.15) is 6.10 Å². The lowest BCUT2D eigenvalue weighted by Crippen LogP contribution is -2.50. The first-order chi connectivity index (χ1) is 15.8. The van der Waals surface area contributed by atoms with Gasteiger partial charge in [0.15, 0.2) is 0 Å². The van der Waals surface area contributed by atoms with Crippen LogP contribution < -0.4 is 0 Å². The number of carbonyl (C=O) groups excluding carboxylic acids is 1. The summed E-state index contributed by atoms with van der Waals surface area (Å²) < 4.78 is 5.94. The number of rotatable bonds is 9. The first-order valence-electron chi connectivity index (χ1n) is 11.4. The second-order valence-corrected chi connectivity index (χ2v) is 8.25. The predicted octanol–water partition coefficient (Wildman–Crippen LogP) is 3.94. The number of pyridine rings is 1. The SMILES string of the molecule is O=C(C1CN(Cc2ccccc2)CCO1)N(CCCc1ccccc1)Cc1ccccn1. The van der Waals surface area contributed by atoms with Crippen molar-refractivity contribution in [3.8, 4) is 0 Å². The molecule has 0 N–H and O–H groups in total. The van der Waals surface area contributed by atoms with Crippen LogP contribution in [0.15, 0.2) is 85.1 Å². The Kier molecular flexibility index (Phi) is 8.01. The van der Waals surface area contributed by atoms with Crippen LogP contribution in [0.1, 0.15) is 23.2 Å². The summed E-state index contributed by atoms with van der Waals surface area (Å²) in [6.07, 6.45) is 3.19. The van der Waals surface area contributed by atoms with Gasteiger partial charge in [0.2, 0.25) is 0 Å². The third-order valence-electron chi connectivity index (χ3n) is 5.80. The molecular formula is C27H31N3O2. The molecule has 1 fully saturated rings. The number of hydrogen-bond donors (Lipinski definition) is 0. The minimum absolute atomic E-state index is 0.0569. The molecule has 1 atom stereocenters.